The summed E-state index contributed by atoms with van der Waals surface area (Å²) in [5, 5.41) is 3.58. The van der Waals surface area contributed by atoms with Crippen molar-refractivity contribution >= 4 is 23.1 Å². The highest BCUT2D eigenvalue weighted by Gasteiger charge is 2.15. The molecule has 0 aromatic heterocycles. The van der Waals surface area contributed by atoms with Gasteiger partial charge in [-0.2, -0.15) is 0 Å². The fourth-order valence-corrected chi connectivity index (χ4v) is 2.09. The van der Waals surface area contributed by atoms with Crippen molar-refractivity contribution in [2.24, 2.45) is 0 Å². The van der Waals surface area contributed by atoms with Gasteiger partial charge in [0.2, 0.25) is 0 Å². The van der Waals surface area contributed by atoms with Crippen LogP contribution in [0.5, 0.6) is 0 Å². The standard InChI is InChI=1S/C13H17ClN2O2/c14-11-4-3-9(6-12(11)15)13(17)8-16-7-10-2-1-5-18-10/h3-4,6,10,16H,1-2,5,7-8,15H2. The summed E-state index contributed by atoms with van der Waals surface area (Å²) in [6.45, 7) is 1.84. The van der Waals surface area contributed by atoms with E-state index in [1.165, 1.54) is 0 Å². The number of anilines is 1. The lowest BCUT2D eigenvalue weighted by atomic mass is 10.1. The fourth-order valence-electron chi connectivity index (χ4n) is 1.97. The van der Waals surface area contributed by atoms with Gasteiger partial charge in [0, 0.05) is 18.7 Å². The monoisotopic (exact) mass is 268 g/mol. The van der Waals surface area contributed by atoms with Crippen LogP contribution in [0.15, 0.2) is 18.2 Å². The zero-order valence-corrected chi connectivity index (χ0v) is 10.9. The quantitative estimate of drug-likeness (QED) is 0.632. The summed E-state index contributed by atoms with van der Waals surface area (Å²) in [4.78, 5) is 11.9. The van der Waals surface area contributed by atoms with E-state index in [-0.39, 0.29) is 11.9 Å². The number of rotatable bonds is 5. The molecule has 5 heteroatoms. The molecule has 1 saturated heterocycles. The van der Waals surface area contributed by atoms with Crippen molar-refractivity contribution in [1.82, 2.24) is 5.32 Å². The van der Waals surface area contributed by atoms with Crippen LogP contribution in [0.4, 0.5) is 5.69 Å². The number of nitrogen functional groups attached to an aromatic ring is 1. The van der Waals surface area contributed by atoms with Gasteiger partial charge < -0.3 is 15.8 Å². The molecule has 1 unspecified atom stereocenters. The summed E-state index contributed by atoms with van der Waals surface area (Å²) in [5.41, 5.74) is 6.67. The Morgan fingerprint density at radius 3 is 3.06 bits per heavy atom. The molecular weight excluding hydrogens is 252 g/mol. The summed E-state index contributed by atoms with van der Waals surface area (Å²) in [5.74, 6) is 0.0105. The van der Waals surface area contributed by atoms with Gasteiger partial charge in [-0.25, -0.2) is 0 Å². The first-order valence-electron chi connectivity index (χ1n) is 6.07. The first-order valence-corrected chi connectivity index (χ1v) is 6.45. The number of carbonyl (C=O) groups excluding carboxylic acids is 1. The number of halogens is 1. The molecule has 1 fully saturated rings. The van der Waals surface area contributed by atoms with Crippen LogP contribution in [-0.2, 0) is 4.74 Å². The highest BCUT2D eigenvalue weighted by molar-refractivity contribution is 6.33. The molecule has 98 valence electrons. The van der Waals surface area contributed by atoms with Gasteiger partial charge in [-0.1, -0.05) is 11.6 Å². The second kappa shape index (κ2) is 6.18. The third-order valence-corrected chi connectivity index (χ3v) is 3.34. The zero-order chi connectivity index (χ0) is 13.0. The molecule has 1 aromatic carbocycles. The van der Waals surface area contributed by atoms with Gasteiger partial charge >= 0.3 is 0 Å². The molecule has 18 heavy (non-hydrogen) atoms. The maximum absolute atomic E-state index is 11.9. The van der Waals surface area contributed by atoms with E-state index >= 15 is 0 Å². The van der Waals surface area contributed by atoms with Crippen molar-refractivity contribution in [2.75, 3.05) is 25.4 Å². The van der Waals surface area contributed by atoms with Crippen LogP contribution < -0.4 is 11.1 Å². The minimum atomic E-state index is 0.0105. The summed E-state index contributed by atoms with van der Waals surface area (Å²) < 4.78 is 5.46. The molecule has 0 saturated carbocycles. The van der Waals surface area contributed by atoms with Gasteiger partial charge in [-0.05, 0) is 31.0 Å². The van der Waals surface area contributed by atoms with E-state index in [1.54, 1.807) is 18.2 Å². The predicted molar refractivity (Wildman–Crippen MR) is 72.0 cm³/mol. The SMILES string of the molecule is Nc1cc(C(=O)CNCC2CCCO2)ccc1Cl. The molecule has 0 amide bonds. The Kier molecular flexibility index (Phi) is 4.58. The smallest absolute Gasteiger partial charge is 0.176 e. The van der Waals surface area contributed by atoms with Gasteiger partial charge in [0.25, 0.3) is 0 Å². The van der Waals surface area contributed by atoms with Gasteiger partial charge in [0.1, 0.15) is 0 Å². The van der Waals surface area contributed by atoms with Crippen molar-refractivity contribution in [3.63, 3.8) is 0 Å². The number of ketones is 1. The number of nitrogens with one attached hydrogen (secondary N) is 1. The Morgan fingerprint density at radius 2 is 2.39 bits per heavy atom. The molecule has 2 rings (SSSR count). The maximum Gasteiger partial charge on any atom is 0.176 e. The molecule has 0 aliphatic carbocycles. The molecule has 0 radical (unpaired) electrons. The van der Waals surface area contributed by atoms with Gasteiger partial charge in [0.15, 0.2) is 5.78 Å². The predicted octanol–water partition coefficient (Wildman–Crippen LogP) is 1.87. The summed E-state index contributed by atoms with van der Waals surface area (Å²) in [6.07, 6.45) is 2.41. The van der Waals surface area contributed by atoms with Crippen molar-refractivity contribution in [3.05, 3.63) is 28.8 Å². The minimum Gasteiger partial charge on any atom is -0.398 e. The zero-order valence-electron chi connectivity index (χ0n) is 10.1. The normalized spacial score (nSPS) is 19.1. The van der Waals surface area contributed by atoms with Crippen LogP contribution in [-0.4, -0.2) is 31.6 Å². The number of ether oxygens (including phenoxy) is 1. The van der Waals surface area contributed by atoms with Gasteiger partial charge in [-0.15, -0.1) is 0 Å². The van der Waals surface area contributed by atoms with E-state index in [2.05, 4.69) is 5.32 Å². The van der Waals surface area contributed by atoms with E-state index in [0.29, 0.717) is 22.8 Å². The van der Waals surface area contributed by atoms with Crippen LogP contribution in [0.3, 0.4) is 0 Å². The average molecular weight is 269 g/mol. The molecule has 0 spiro atoms. The summed E-state index contributed by atoms with van der Waals surface area (Å²) >= 11 is 5.81. The molecule has 1 heterocycles. The lowest BCUT2D eigenvalue weighted by molar-refractivity contribution is 0.0955. The van der Waals surface area contributed by atoms with E-state index < -0.39 is 0 Å². The lowest BCUT2D eigenvalue weighted by Gasteiger charge is -2.10. The van der Waals surface area contributed by atoms with Crippen LogP contribution in [0.2, 0.25) is 5.02 Å². The number of hydrogen-bond acceptors (Lipinski definition) is 4. The van der Waals surface area contributed by atoms with Crippen molar-refractivity contribution < 1.29 is 9.53 Å². The summed E-state index contributed by atoms with van der Waals surface area (Å²) in [7, 11) is 0. The largest absolute Gasteiger partial charge is 0.398 e. The highest BCUT2D eigenvalue weighted by atomic mass is 35.5. The number of hydrogen-bond donors (Lipinski definition) is 2. The van der Waals surface area contributed by atoms with Crippen LogP contribution in [0.25, 0.3) is 0 Å². The molecule has 0 bridgehead atoms. The van der Waals surface area contributed by atoms with Crippen molar-refractivity contribution in [3.8, 4) is 0 Å². The molecule has 1 atom stereocenters. The molecular formula is C13H17ClN2O2. The van der Waals surface area contributed by atoms with E-state index in [9.17, 15) is 4.79 Å². The second-order valence-corrected chi connectivity index (χ2v) is 4.83. The van der Waals surface area contributed by atoms with Crippen molar-refractivity contribution in [2.45, 2.75) is 18.9 Å². The topological polar surface area (TPSA) is 64.4 Å². The minimum absolute atomic E-state index is 0.0105. The Morgan fingerprint density at radius 1 is 1.56 bits per heavy atom. The number of Topliss-reactive ketones (excluding diaryl/α,β-unsaturated/α-hetero) is 1. The Bertz CT molecular complexity index is 431. The summed E-state index contributed by atoms with van der Waals surface area (Å²) in [6, 6.07) is 4.94. The lowest BCUT2D eigenvalue weighted by Crippen LogP contribution is -2.30. The Labute approximate surface area is 111 Å². The number of carbonyl (C=O) groups is 1. The van der Waals surface area contributed by atoms with E-state index in [0.717, 1.165) is 26.0 Å². The number of nitrogens with two attached hydrogens (primary N) is 1. The first-order chi connectivity index (χ1) is 8.66. The number of benzene rings is 1. The van der Waals surface area contributed by atoms with Gasteiger partial charge in [-0.3, -0.25) is 4.79 Å². The molecule has 1 aromatic rings. The molecule has 1 aliphatic heterocycles. The Balaban J connectivity index is 1.81. The van der Waals surface area contributed by atoms with Gasteiger partial charge in [0.05, 0.1) is 23.4 Å². The highest BCUT2D eigenvalue weighted by Crippen LogP contribution is 2.19. The van der Waals surface area contributed by atoms with Crippen LogP contribution >= 0.6 is 11.6 Å². The van der Waals surface area contributed by atoms with E-state index in [1.807, 2.05) is 0 Å². The van der Waals surface area contributed by atoms with Crippen LogP contribution in [0, 0.1) is 0 Å². The molecule has 3 N–H and O–H groups in total. The first kappa shape index (κ1) is 13.3. The average Bonchev–Trinajstić information content (AvgIpc) is 2.85. The third-order valence-electron chi connectivity index (χ3n) is 3.00. The fraction of sp³-hybridized carbons (Fsp3) is 0.462. The second-order valence-electron chi connectivity index (χ2n) is 4.43. The maximum atomic E-state index is 11.9. The molecule has 1 aliphatic rings. The third kappa shape index (κ3) is 3.45. The van der Waals surface area contributed by atoms with E-state index in [4.69, 9.17) is 22.1 Å². The Hall–Kier alpha value is -1.10. The van der Waals surface area contributed by atoms with Crippen LogP contribution in [0.1, 0.15) is 23.2 Å². The van der Waals surface area contributed by atoms with Crippen molar-refractivity contribution in [1.29, 1.82) is 0 Å². The molecule has 4 nitrogen and oxygen atoms in total.